The monoisotopic (exact) mass is 437 g/mol. The molecule has 32 heavy (non-hydrogen) atoms. The van der Waals surface area contributed by atoms with Gasteiger partial charge in [0.1, 0.15) is 22.8 Å². The Bertz CT molecular complexity index is 1220. The predicted molar refractivity (Wildman–Crippen MR) is 124 cm³/mol. The maximum Gasteiger partial charge on any atom is 0.152 e. The Labute approximate surface area is 186 Å². The number of rotatable bonds is 5. The van der Waals surface area contributed by atoms with Gasteiger partial charge in [-0.25, -0.2) is 13.8 Å². The normalized spacial score (nSPS) is 25.5. The second kappa shape index (κ2) is 7.87. The fourth-order valence-electron chi connectivity index (χ4n) is 5.86. The molecule has 2 N–H and O–H groups in total. The fourth-order valence-corrected chi connectivity index (χ4v) is 5.86. The summed E-state index contributed by atoms with van der Waals surface area (Å²) in [4.78, 5) is 7.90. The van der Waals surface area contributed by atoms with Crippen LogP contribution in [0.5, 0.6) is 0 Å². The minimum atomic E-state index is -0.636. The predicted octanol–water partition coefficient (Wildman–Crippen LogP) is 5.71. The van der Waals surface area contributed by atoms with Gasteiger partial charge in [-0.2, -0.15) is 5.10 Å². The van der Waals surface area contributed by atoms with Crippen molar-refractivity contribution in [3.05, 3.63) is 53.9 Å². The van der Waals surface area contributed by atoms with Crippen molar-refractivity contribution in [2.24, 2.45) is 29.8 Å². The lowest BCUT2D eigenvalue weighted by atomic mass is 9.63. The van der Waals surface area contributed by atoms with Crippen LogP contribution >= 0.6 is 0 Å². The summed E-state index contributed by atoms with van der Waals surface area (Å²) >= 11 is 0. The number of H-pyrrole nitrogens is 1. The molecule has 5 nitrogen and oxygen atoms in total. The largest absolute Gasteiger partial charge is 0.382 e. The third kappa shape index (κ3) is 3.53. The van der Waals surface area contributed by atoms with Crippen LogP contribution in [0.2, 0.25) is 0 Å². The van der Waals surface area contributed by atoms with E-state index < -0.39 is 11.6 Å². The molecule has 2 heterocycles. The SMILES string of the molecule is C=C(NC1CC2CCC1C(C)C2)c1cc[nH]c1N=C(C)c1nn(C)c2c(F)cc(F)cc12. The highest BCUT2D eigenvalue weighted by atomic mass is 19.1. The lowest BCUT2D eigenvalue weighted by Crippen LogP contribution is -2.47. The van der Waals surface area contributed by atoms with E-state index in [1.54, 1.807) is 14.0 Å². The lowest BCUT2D eigenvalue weighted by Gasteiger charge is -2.47. The molecule has 4 unspecified atom stereocenters. The topological polar surface area (TPSA) is 58.0 Å². The molecular weight excluding hydrogens is 408 g/mol. The van der Waals surface area contributed by atoms with Gasteiger partial charge in [0, 0.05) is 42.0 Å². The molecule has 3 aliphatic carbocycles. The second-order valence-electron chi connectivity index (χ2n) is 9.48. The van der Waals surface area contributed by atoms with E-state index in [9.17, 15) is 8.78 Å². The van der Waals surface area contributed by atoms with Crippen LogP contribution in [-0.4, -0.2) is 26.5 Å². The zero-order chi connectivity index (χ0) is 22.6. The molecule has 3 fully saturated rings. The van der Waals surface area contributed by atoms with Crippen molar-refractivity contribution in [3.8, 4) is 0 Å². The smallest absolute Gasteiger partial charge is 0.152 e. The molecule has 3 saturated carbocycles. The summed E-state index contributed by atoms with van der Waals surface area (Å²) in [6.07, 6.45) is 7.01. The molecular formula is C25H29F2N5. The number of aromatic nitrogens is 3. The molecule has 0 radical (unpaired) electrons. The molecule has 4 atom stereocenters. The van der Waals surface area contributed by atoms with Crippen molar-refractivity contribution in [1.29, 1.82) is 0 Å². The van der Waals surface area contributed by atoms with Crippen LogP contribution in [0.25, 0.3) is 16.6 Å². The van der Waals surface area contributed by atoms with Gasteiger partial charge < -0.3 is 10.3 Å². The summed E-state index contributed by atoms with van der Waals surface area (Å²) < 4.78 is 29.6. The molecule has 168 valence electrons. The number of nitrogens with one attached hydrogen (secondary N) is 2. The standard InChI is InChI=1S/C25H29F2N5/c1-13-9-16-5-6-18(13)22(10-16)29-14(2)19-7-8-28-25(19)30-15(3)23-20-11-17(26)12-21(27)24(20)32(4)31-23/h7-8,11-13,16,18,22,28-29H,2,5-6,9-10H2,1,3-4H3. The van der Waals surface area contributed by atoms with Crippen LogP contribution < -0.4 is 5.32 Å². The van der Waals surface area contributed by atoms with Crippen molar-refractivity contribution in [3.63, 3.8) is 0 Å². The summed E-state index contributed by atoms with van der Waals surface area (Å²) in [5, 5.41) is 8.49. The van der Waals surface area contributed by atoms with Gasteiger partial charge >= 0.3 is 0 Å². The number of aliphatic imine (C=N–C) groups is 1. The van der Waals surface area contributed by atoms with Gasteiger partial charge in [-0.1, -0.05) is 19.9 Å². The molecule has 2 aromatic heterocycles. The molecule has 0 saturated heterocycles. The fraction of sp³-hybridized carbons (Fsp3) is 0.440. The van der Waals surface area contributed by atoms with E-state index in [2.05, 4.69) is 28.9 Å². The van der Waals surface area contributed by atoms with Gasteiger partial charge in [-0.3, -0.25) is 4.68 Å². The number of aromatic amines is 1. The van der Waals surface area contributed by atoms with Crippen LogP contribution in [0.4, 0.5) is 14.6 Å². The molecule has 2 bridgehead atoms. The highest BCUT2D eigenvalue weighted by Crippen LogP contribution is 2.45. The number of aryl methyl sites for hydroxylation is 1. The maximum atomic E-state index is 14.3. The molecule has 6 rings (SSSR count). The average molecular weight is 438 g/mol. The van der Waals surface area contributed by atoms with Crippen molar-refractivity contribution >= 4 is 28.1 Å². The molecule has 3 aromatic rings. The Morgan fingerprint density at radius 3 is 2.84 bits per heavy atom. The van der Waals surface area contributed by atoms with E-state index in [-0.39, 0.29) is 5.52 Å². The van der Waals surface area contributed by atoms with Crippen LogP contribution in [0.15, 0.2) is 36.0 Å². The first-order chi connectivity index (χ1) is 15.3. The molecule has 0 spiro atoms. The molecule has 0 amide bonds. The maximum absolute atomic E-state index is 14.3. The summed E-state index contributed by atoms with van der Waals surface area (Å²) in [5.41, 5.74) is 3.04. The minimum absolute atomic E-state index is 0.259. The lowest BCUT2D eigenvalue weighted by molar-refractivity contribution is 0.0771. The number of hydrogen-bond acceptors (Lipinski definition) is 3. The second-order valence-corrected chi connectivity index (χ2v) is 9.48. The Kier molecular flexibility index (Phi) is 5.14. The molecule has 7 heteroatoms. The molecule has 1 aromatic carbocycles. The van der Waals surface area contributed by atoms with Gasteiger partial charge in [0.15, 0.2) is 5.82 Å². The zero-order valence-electron chi connectivity index (χ0n) is 18.8. The van der Waals surface area contributed by atoms with E-state index in [1.165, 1.54) is 36.4 Å². The summed E-state index contributed by atoms with van der Waals surface area (Å²) in [6, 6.07) is 4.58. The van der Waals surface area contributed by atoms with Crippen LogP contribution in [0.1, 0.15) is 50.8 Å². The first-order valence-corrected chi connectivity index (χ1v) is 11.3. The van der Waals surface area contributed by atoms with Crippen molar-refractivity contribution in [2.45, 2.75) is 45.6 Å². The Hall–Kier alpha value is -2.96. The minimum Gasteiger partial charge on any atom is -0.382 e. The average Bonchev–Trinajstić information content (AvgIpc) is 3.32. The Morgan fingerprint density at radius 1 is 1.28 bits per heavy atom. The number of halogens is 2. The van der Waals surface area contributed by atoms with E-state index in [0.717, 1.165) is 29.2 Å². The highest BCUT2D eigenvalue weighted by Gasteiger charge is 2.40. The first-order valence-electron chi connectivity index (χ1n) is 11.3. The zero-order valence-corrected chi connectivity index (χ0v) is 18.8. The number of benzene rings is 1. The van der Waals surface area contributed by atoms with Gasteiger partial charge in [0.05, 0.1) is 5.71 Å². The van der Waals surface area contributed by atoms with Crippen LogP contribution in [-0.2, 0) is 7.05 Å². The quantitative estimate of drug-likeness (QED) is 0.503. The van der Waals surface area contributed by atoms with Gasteiger partial charge in [-0.15, -0.1) is 0 Å². The van der Waals surface area contributed by atoms with Crippen molar-refractivity contribution in [1.82, 2.24) is 20.1 Å². The Balaban J connectivity index is 1.43. The highest BCUT2D eigenvalue weighted by molar-refractivity contribution is 6.09. The number of hydrogen-bond donors (Lipinski definition) is 2. The first kappa shape index (κ1) is 20.9. The van der Waals surface area contributed by atoms with Crippen molar-refractivity contribution < 1.29 is 8.78 Å². The van der Waals surface area contributed by atoms with Gasteiger partial charge in [0.25, 0.3) is 0 Å². The summed E-state index contributed by atoms with van der Waals surface area (Å²) in [5.74, 6) is 1.63. The molecule has 0 aliphatic heterocycles. The summed E-state index contributed by atoms with van der Waals surface area (Å²) in [6.45, 7) is 8.46. The van der Waals surface area contributed by atoms with Crippen LogP contribution in [0.3, 0.4) is 0 Å². The van der Waals surface area contributed by atoms with Crippen molar-refractivity contribution in [2.75, 3.05) is 0 Å². The number of fused-ring (bicyclic) bond motifs is 4. The third-order valence-corrected chi connectivity index (χ3v) is 7.34. The molecule has 3 aliphatic rings. The van der Waals surface area contributed by atoms with Crippen LogP contribution in [0, 0.1) is 29.4 Å². The van der Waals surface area contributed by atoms with E-state index in [1.807, 2.05) is 12.3 Å². The van der Waals surface area contributed by atoms with Gasteiger partial charge in [-0.05, 0) is 56.1 Å². The van der Waals surface area contributed by atoms with E-state index in [4.69, 9.17) is 4.99 Å². The summed E-state index contributed by atoms with van der Waals surface area (Å²) in [7, 11) is 1.64. The third-order valence-electron chi connectivity index (χ3n) is 7.34. The van der Waals surface area contributed by atoms with E-state index >= 15 is 0 Å². The van der Waals surface area contributed by atoms with E-state index in [0.29, 0.717) is 34.6 Å². The number of nitrogens with zero attached hydrogens (tertiary/aromatic N) is 3. The van der Waals surface area contributed by atoms with Gasteiger partial charge in [0.2, 0.25) is 0 Å². The Morgan fingerprint density at radius 2 is 2.09 bits per heavy atom.